The van der Waals surface area contributed by atoms with Crippen molar-refractivity contribution >= 4 is 11.6 Å². The van der Waals surface area contributed by atoms with Crippen LogP contribution in [0.25, 0.3) is 0 Å². The zero-order chi connectivity index (χ0) is 12.3. The predicted octanol–water partition coefficient (Wildman–Crippen LogP) is 0.655. The van der Waals surface area contributed by atoms with E-state index in [9.17, 15) is 4.79 Å². The quantitative estimate of drug-likeness (QED) is 0.755. The van der Waals surface area contributed by atoms with Gasteiger partial charge in [0.2, 0.25) is 0 Å². The van der Waals surface area contributed by atoms with Crippen LogP contribution in [-0.2, 0) is 6.54 Å². The molecule has 0 spiro atoms. The van der Waals surface area contributed by atoms with E-state index in [1.54, 1.807) is 10.9 Å². The molecule has 0 aliphatic rings. The van der Waals surface area contributed by atoms with Gasteiger partial charge in [-0.05, 0) is 5.56 Å². The van der Waals surface area contributed by atoms with Gasteiger partial charge in [-0.15, -0.1) is 0 Å². The zero-order valence-electron chi connectivity index (χ0n) is 9.34. The Bertz CT molecular complexity index is 519. The van der Waals surface area contributed by atoms with Crippen molar-refractivity contribution in [1.82, 2.24) is 9.55 Å². The van der Waals surface area contributed by atoms with Crippen molar-refractivity contribution in [3.63, 3.8) is 0 Å². The Kier molecular flexibility index (Phi) is 3.20. The summed E-state index contributed by atoms with van der Waals surface area (Å²) in [4.78, 5) is 15.4. The highest BCUT2D eigenvalue weighted by Gasteiger charge is 2.13. The van der Waals surface area contributed by atoms with Crippen LogP contribution in [0, 0.1) is 0 Å². The van der Waals surface area contributed by atoms with Crippen LogP contribution in [0.2, 0.25) is 0 Å². The molecule has 0 saturated carbocycles. The molecule has 1 heterocycles. The van der Waals surface area contributed by atoms with Gasteiger partial charge in [0.15, 0.2) is 5.78 Å². The molecule has 0 radical (unpaired) electrons. The van der Waals surface area contributed by atoms with Crippen LogP contribution in [0.4, 0.5) is 5.82 Å². The minimum absolute atomic E-state index is 0.0768. The lowest BCUT2D eigenvalue weighted by Gasteiger charge is -2.05. The SMILES string of the molecule is NCC(=O)c1ncn(Cc2ccccc2)c1N. The second-order valence-electron chi connectivity index (χ2n) is 3.72. The summed E-state index contributed by atoms with van der Waals surface area (Å²) in [5.41, 5.74) is 12.5. The van der Waals surface area contributed by atoms with Crippen molar-refractivity contribution in [2.75, 3.05) is 12.3 Å². The molecule has 4 N–H and O–H groups in total. The monoisotopic (exact) mass is 230 g/mol. The van der Waals surface area contributed by atoms with Gasteiger partial charge in [-0.25, -0.2) is 4.98 Å². The number of hydrogen-bond donors (Lipinski definition) is 2. The zero-order valence-corrected chi connectivity index (χ0v) is 9.34. The summed E-state index contributed by atoms with van der Waals surface area (Å²) < 4.78 is 1.73. The Morgan fingerprint density at radius 2 is 2.00 bits per heavy atom. The molecule has 5 nitrogen and oxygen atoms in total. The molecule has 0 amide bonds. The molecule has 0 aliphatic carbocycles. The third kappa shape index (κ3) is 2.34. The predicted molar refractivity (Wildman–Crippen MR) is 65.6 cm³/mol. The Morgan fingerprint density at radius 1 is 1.29 bits per heavy atom. The number of Topliss-reactive ketones (excluding diaryl/α,β-unsaturated/α-hetero) is 1. The van der Waals surface area contributed by atoms with Crippen LogP contribution in [0.5, 0.6) is 0 Å². The molecule has 2 rings (SSSR count). The standard InChI is InChI=1S/C12H14N4O/c13-6-10(17)11-12(14)16(8-15-11)7-9-4-2-1-3-5-9/h1-5,8H,6-7,13-14H2. The lowest BCUT2D eigenvalue weighted by molar-refractivity contribution is 0.0998. The number of nitrogens with two attached hydrogens (primary N) is 2. The fraction of sp³-hybridized carbons (Fsp3) is 0.167. The average molecular weight is 230 g/mol. The number of carbonyl (C=O) groups is 1. The molecule has 17 heavy (non-hydrogen) atoms. The van der Waals surface area contributed by atoms with E-state index in [0.717, 1.165) is 5.56 Å². The minimum Gasteiger partial charge on any atom is -0.383 e. The van der Waals surface area contributed by atoms with Crippen molar-refractivity contribution in [2.45, 2.75) is 6.54 Å². The summed E-state index contributed by atoms with van der Waals surface area (Å²) in [6, 6.07) is 9.83. The molecule has 88 valence electrons. The maximum absolute atomic E-state index is 11.4. The second kappa shape index (κ2) is 4.80. The van der Waals surface area contributed by atoms with Crippen LogP contribution in [-0.4, -0.2) is 21.9 Å². The highest BCUT2D eigenvalue weighted by atomic mass is 16.1. The van der Waals surface area contributed by atoms with Crippen molar-refractivity contribution in [2.24, 2.45) is 5.73 Å². The van der Waals surface area contributed by atoms with Crippen LogP contribution >= 0.6 is 0 Å². The molecule has 2 aromatic rings. The number of benzene rings is 1. The maximum Gasteiger partial charge on any atom is 0.198 e. The molecule has 0 aliphatic heterocycles. The molecule has 0 atom stereocenters. The van der Waals surface area contributed by atoms with Gasteiger partial charge >= 0.3 is 0 Å². The molecule has 0 bridgehead atoms. The summed E-state index contributed by atoms with van der Waals surface area (Å²) in [5.74, 6) is 0.124. The van der Waals surface area contributed by atoms with E-state index < -0.39 is 0 Å². The number of nitrogen functional groups attached to an aromatic ring is 1. The van der Waals surface area contributed by atoms with Gasteiger partial charge in [0.1, 0.15) is 11.5 Å². The molecule has 1 aromatic heterocycles. The molecule has 0 saturated heterocycles. The van der Waals surface area contributed by atoms with Crippen molar-refractivity contribution in [3.8, 4) is 0 Å². The van der Waals surface area contributed by atoms with Crippen molar-refractivity contribution in [3.05, 3.63) is 47.9 Å². The number of imidazole rings is 1. The lowest BCUT2D eigenvalue weighted by Crippen LogP contribution is -2.16. The van der Waals surface area contributed by atoms with Crippen molar-refractivity contribution in [1.29, 1.82) is 0 Å². The highest BCUT2D eigenvalue weighted by Crippen LogP contribution is 2.12. The Hall–Kier alpha value is -2.14. The van der Waals surface area contributed by atoms with E-state index in [0.29, 0.717) is 12.4 Å². The smallest absolute Gasteiger partial charge is 0.198 e. The summed E-state index contributed by atoms with van der Waals surface area (Å²) >= 11 is 0. The van der Waals surface area contributed by atoms with Gasteiger partial charge in [0, 0.05) is 0 Å². The third-order valence-corrected chi connectivity index (χ3v) is 2.52. The van der Waals surface area contributed by atoms with Gasteiger partial charge in [-0.3, -0.25) is 4.79 Å². The fourth-order valence-electron chi connectivity index (χ4n) is 1.61. The van der Waals surface area contributed by atoms with E-state index in [1.165, 1.54) is 0 Å². The molecular weight excluding hydrogens is 216 g/mol. The first kappa shape index (κ1) is 11.3. The molecule has 0 unspecified atom stereocenters. The first-order valence-electron chi connectivity index (χ1n) is 5.30. The number of carbonyl (C=O) groups excluding carboxylic acids is 1. The van der Waals surface area contributed by atoms with Gasteiger partial charge in [-0.1, -0.05) is 30.3 Å². The maximum atomic E-state index is 11.4. The number of rotatable bonds is 4. The second-order valence-corrected chi connectivity index (χ2v) is 3.72. The number of aromatic nitrogens is 2. The summed E-state index contributed by atoms with van der Waals surface area (Å²) in [5, 5.41) is 0. The summed E-state index contributed by atoms with van der Waals surface area (Å²) in [6.45, 7) is 0.518. The van der Waals surface area contributed by atoms with Crippen LogP contribution in [0.1, 0.15) is 16.1 Å². The third-order valence-electron chi connectivity index (χ3n) is 2.52. The Morgan fingerprint density at radius 3 is 2.65 bits per heavy atom. The minimum atomic E-state index is -0.241. The number of hydrogen-bond acceptors (Lipinski definition) is 4. The number of ketones is 1. The van der Waals surface area contributed by atoms with Gasteiger partial charge < -0.3 is 16.0 Å². The molecule has 0 fully saturated rings. The summed E-state index contributed by atoms with van der Waals surface area (Å²) in [7, 11) is 0. The largest absolute Gasteiger partial charge is 0.383 e. The van der Waals surface area contributed by atoms with Crippen LogP contribution in [0.3, 0.4) is 0 Å². The molecule has 5 heteroatoms. The van der Waals surface area contributed by atoms with E-state index in [1.807, 2.05) is 30.3 Å². The fourth-order valence-corrected chi connectivity index (χ4v) is 1.61. The Balaban J connectivity index is 2.24. The van der Waals surface area contributed by atoms with Gasteiger partial charge in [-0.2, -0.15) is 0 Å². The number of anilines is 1. The molecular formula is C12H14N4O. The normalized spacial score (nSPS) is 10.4. The Labute approximate surface area is 99.1 Å². The highest BCUT2D eigenvalue weighted by molar-refractivity contribution is 5.99. The van der Waals surface area contributed by atoms with Gasteiger partial charge in [0.25, 0.3) is 0 Å². The van der Waals surface area contributed by atoms with E-state index >= 15 is 0 Å². The first-order chi connectivity index (χ1) is 8.22. The van der Waals surface area contributed by atoms with E-state index in [4.69, 9.17) is 11.5 Å². The topological polar surface area (TPSA) is 86.9 Å². The first-order valence-corrected chi connectivity index (χ1v) is 5.30. The van der Waals surface area contributed by atoms with Crippen LogP contribution in [0.15, 0.2) is 36.7 Å². The summed E-state index contributed by atoms with van der Waals surface area (Å²) in [6.07, 6.45) is 1.56. The van der Waals surface area contributed by atoms with E-state index in [-0.39, 0.29) is 18.0 Å². The van der Waals surface area contributed by atoms with Crippen LogP contribution < -0.4 is 11.5 Å². The average Bonchev–Trinajstić information content (AvgIpc) is 2.72. The number of nitrogens with zero attached hydrogens (tertiary/aromatic N) is 2. The van der Waals surface area contributed by atoms with Gasteiger partial charge in [0.05, 0.1) is 19.4 Å². The van der Waals surface area contributed by atoms with Crippen molar-refractivity contribution < 1.29 is 4.79 Å². The van der Waals surface area contributed by atoms with E-state index in [2.05, 4.69) is 4.98 Å². The lowest BCUT2D eigenvalue weighted by atomic mass is 10.2. The molecule has 1 aromatic carbocycles.